The largest absolute Gasteiger partial charge is 0.476 e. The molecule has 86 valence electrons. The van der Waals surface area contributed by atoms with Crippen molar-refractivity contribution in [3.63, 3.8) is 0 Å². The first-order valence-electron chi connectivity index (χ1n) is 4.86. The topological polar surface area (TPSA) is 55.1 Å². The van der Waals surface area contributed by atoms with Gasteiger partial charge in [0.1, 0.15) is 0 Å². The maximum Gasteiger partial charge on any atom is 0.364 e. The Bertz CT molecular complexity index is 544. The zero-order chi connectivity index (χ0) is 12.3. The number of nitrogens with zero attached hydrogens (tertiary/aromatic N) is 2. The molecule has 0 spiro atoms. The number of hydrogen-bond donors (Lipinski definition) is 1. The van der Waals surface area contributed by atoms with Gasteiger partial charge in [-0.2, -0.15) is 4.39 Å². The van der Waals surface area contributed by atoms with E-state index in [0.29, 0.717) is 5.56 Å². The highest BCUT2D eigenvalue weighted by atomic mass is 19.1. The summed E-state index contributed by atoms with van der Waals surface area (Å²) < 4.78 is 14.6. The zero-order valence-corrected chi connectivity index (χ0v) is 8.75. The maximum atomic E-state index is 12.8. The molecule has 0 saturated heterocycles. The van der Waals surface area contributed by atoms with Gasteiger partial charge in [-0.05, 0) is 23.8 Å². The van der Waals surface area contributed by atoms with Crippen LogP contribution in [0.3, 0.4) is 0 Å². The van der Waals surface area contributed by atoms with Crippen LogP contribution >= 0.6 is 0 Å². The molecule has 0 aliphatic heterocycles. The third kappa shape index (κ3) is 2.57. The molecule has 2 rings (SSSR count). The lowest BCUT2D eigenvalue weighted by Gasteiger charge is -2.01. The smallest absolute Gasteiger partial charge is 0.364 e. The number of benzene rings is 1. The quantitative estimate of drug-likeness (QED) is 0.826. The van der Waals surface area contributed by atoms with E-state index in [1.807, 2.05) is 0 Å². The molecule has 0 unspecified atom stereocenters. The molecule has 1 aromatic carbocycles. The van der Waals surface area contributed by atoms with E-state index in [1.165, 1.54) is 0 Å². The maximum absolute atomic E-state index is 12.8. The summed E-state index contributed by atoms with van der Waals surface area (Å²) >= 11 is 0. The van der Waals surface area contributed by atoms with E-state index in [4.69, 9.17) is 5.11 Å². The number of aliphatic carboxylic acids is 1. The predicted molar refractivity (Wildman–Crippen MR) is 60.3 cm³/mol. The van der Waals surface area contributed by atoms with E-state index in [2.05, 4.69) is 4.98 Å². The van der Waals surface area contributed by atoms with Crippen LogP contribution in [0.4, 0.5) is 4.39 Å². The Morgan fingerprint density at radius 1 is 1.35 bits per heavy atom. The average molecular weight is 232 g/mol. The molecule has 0 saturated carbocycles. The normalized spacial score (nSPS) is 11.5. The Morgan fingerprint density at radius 3 is 2.59 bits per heavy atom. The van der Waals surface area contributed by atoms with Gasteiger partial charge >= 0.3 is 5.97 Å². The van der Waals surface area contributed by atoms with E-state index in [9.17, 15) is 9.18 Å². The summed E-state index contributed by atoms with van der Waals surface area (Å²) in [6, 6.07) is 6.78. The standard InChI is InChI=1S/C12H9FN2O2/c13-11(12(16)17)7-9-1-3-10(4-2-9)15-6-5-14-8-15/h1-8H,(H,16,17). The number of carboxylic acid groups (broad SMARTS) is 1. The van der Waals surface area contributed by atoms with Crippen molar-refractivity contribution in [2.45, 2.75) is 0 Å². The molecule has 0 radical (unpaired) electrons. The molecule has 0 fully saturated rings. The van der Waals surface area contributed by atoms with Gasteiger partial charge in [0.25, 0.3) is 0 Å². The van der Waals surface area contributed by atoms with Gasteiger partial charge in [-0.3, -0.25) is 0 Å². The number of imidazole rings is 1. The van der Waals surface area contributed by atoms with Crippen molar-refractivity contribution in [1.82, 2.24) is 9.55 Å². The van der Waals surface area contributed by atoms with Gasteiger partial charge in [-0.25, -0.2) is 9.78 Å². The van der Waals surface area contributed by atoms with Crippen molar-refractivity contribution in [2.75, 3.05) is 0 Å². The summed E-state index contributed by atoms with van der Waals surface area (Å²) in [5.41, 5.74) is 1.36. The minimum atomic E-state index is -1.57. The van der Waals surface area contributed by atoms with Crippen LogP contribution in [-0.4, -0.2) is 20.6 Å². The predicted octanol–water partition coefficient (Wildman–Crippen LogP) is 2.27. The van der Waals surface area contributed by atoms with Crippen LogP contribution in [0.5, 0.6) is 0 Å². The minimum Gasteiger partial charge on any atom is -0.476 e. The molecule has 1 heterocycles. The molecule has 1 aromatic heterocycles. The molecular weight excluding hydrogens is 223 g/mol. The molecule has 2 aromatic rings. The molecule has 0 amide bonds. The Hall–Kier alpha value is -2.43. The SMILES string of the molecule is O=C(O)C(F)=Cc1ccc(-n2ccnc2)cc1. The summed E-state index contributed by atoms with van der Waals surface area (Å²) in [6.45, 7) is 0. The van der Waals surface area contributed by atoms with E-state index in [0.717, 1.165) is 11.8 Å². The highest BCUT2D eigenvalue weighted by molar-refractivity contribution is 5.89. The first kappa shape index (κ1) is 11.1. The highest BCUT2D eigenvalue weighted by Gasteiger charge is 2.04. The summed E-state index contributed by atoms with van der Waals surface area (Å²) in [4.78, 5) is 14.2. The summed E-state index contributed by atoms with van der Waals surface area (Å²) in [7, 11) is 0. The Labute approximate surface area is 96.7 Å². The Balaban J connectivity index is 2.25. The van der Waals surface area contributed by atoms with Crippen LogP contribution in [0.15, 0.2) is 48.8 Å². The highest BCUT2D eigenvalue weighted by Crippen LogP contribution is 2.12. The van der Waals surface area contributed by atoms with Crippen LogP contribution in [0.25, 0.3) is 11.8 Å². The van der Waals surface area contributed by atoms with Gasteiger partial charge in [0.2, 0.25) is 5.83 Å². The van der Waals surface area contributed by atoms with Crippen LogP contribution < -0.4 is 0 Å². The van der Waals surface area contributed by atoms with E-state index < -0.39 is 11.8 Å². The molecule has 17 heavy (non-hydrogen) atoms. The van der Waals surface area contributed by atoms with Crippen LogP contribution in [-0.2, 0) is 4.79 Å². The van der Waals surface area contributed by atoms with Crippen molar-refractivity contribution in [2.24, 2.45) is 0 Å². The van der Waals surface area contributed by atoms with E-state index in [-0.39, 0.29) is 0 Å². The molecule has 0 aliphatic rings. The fraction of sp³-hybridized carbons (Fsp3) is 0. The van der Waals surface area contributed by atoms with Gasteiger partial charge in [0.15, 0.2) is 0 Å². The van der Waals surface area contributed by atoms with Crippen LogP contribution in [0.1, 0.15) is 5.56 Å². The molecule has 4 nitrogen and oxygen atoms in total. The second kappa shape index (κ2) is 4.61. The average Bonchev–Trinajstić information content (AvgIpc) is 2.83. The van der Waals surface area contributed by atoms with Crippen molar-refractivity contribution in [1.29, 1.82) is 0 Å². The van der Waals surface area contributed by atoms with Gasteiger partial charge in [0, 0.05) is 18.1 Å². The third-order valence-electron chi connectivity index (χ3n) is 2.19. The molecule has 0 aliphatic carbocycles. The fourth-order valence-electron chi connectivity index (χ4n) is 1.36. The lowest BCUT2D eigenvalue weighted by molar-refractivity contribution is -0.134. The number of halogens is 1. The van der Waals surface area contributed by atoms with E-state index in [1.54, 1.807) is 47.6 Å². The molecule has 0 bridgehead atoms. The van der Waals surface area contributed by atoms with Crippen molar-refractivity contribution >= 4 is 12.0 Å². The molecule has 5 heteroatoms. The molecule has 1 N–H and O–H groups in total. The van der Waals surface area contributed by atoms with Crippen molar-refractivity contribution in [3.8, 4) is 5.69 Å². The van der Waals surface area contributed by atoms with Gasteiger partial charge in [0.05, 0.1) is 6.33 Å². The number of carbonyl (C=O) groups is 1. The second-order valence-electron chi connectivity index (χ2n) is 3.36. The number of aromatic nitrogens is 2. The lowest BCUT2D eigenvalue weighted by Crippen LogP contribution is -1.94. The van der Waals surface area contributed by atoms with Crippen molar-refractivity contribution in [3.05, 3.63) is 54.4 Å². The van der Waals surface area contributed by atoms with Gasteiger partial charge in [-0.15, -0.1) is 0 Å². The summed E-state index contributed by atoms with van der Waals surface area (Å²) in [6.07, 6.45) is 6.04. The summed E-state index contributed by atoms with van der Waals surface area (Å²) in [5.74, 6) is -2.75. The number of hydrogen-bond acceptors (Lipinski definition) is 2. The van der Waals surface area contributed by atoms with Gasteiger partial charge < -0.3 is 9.67 Å². The Morgan fingerprint density at radius 2 is 2.06 bits per heavy atom. The lowest BCUT2D eigenvalue weighted by atomic mass is 10.2. The first-order valence-corrected chi connectivity index (χ1v) is 4.86. The third-order valence-corrected chi connectivity index (χ3v) is 2.19. The van der Waals surface area contributed by atoms with Gasteiger partial charge in [-0.1, -0.05) is 12.1 Å². The zero-order valence-electron chi connectivity index (χ0n) is 8.75. The number of rotatable bonds is 3. The molecule has 0 atom stereocenters. The van der Waals surface area contributed by atoms with Crippen molar-refractivity contribution < 1.29 is 14.3 Å². The first-order chi connectivity index (χ1) is 8.16. The molecular formula is C12H9FN2O2. The van der Waals surface area contributed by atoms with Crippen LogP contribution in [0.2, 0.25) is 0 Å². The van der Waals surface area contributed by atoms with Crippen LogP contribution in [0, 0.1) is 0 Å². The monoisotopic (exact) mass is 232 g/mol. The fourth-order valence-corrected chi connectivity index (χ4v) is 1.36. The summed E-state index contributed by atoms with van der Waals surface area (Å²) in [5, 5.41) is 8.39. The van der Waals surface area contributed by atoms with E-state index >= 15 is 0 Å². The Kier molecular flexibility index (Phi) is 3.00. The number of carboxylic acids is 1. The second-order valence-corrected chi connectivity index (χ2v) is 3.36. The minimum absolute atomic E-state index is 0.494.